The Morgan fingerprint density at radius 3 is 2.46 bits per heavy atom. The molecule has 5 heteroatoms. The summed E-state index contributed by atoms with van der Waals surface area (Å²) >= 11 is 0. The number of amides is 2. The number of rotatable bonds is 6. The van der Waals surface area contributed by atoms with E-state index in [-0.39, 0.29) is 11.8 Å². The second-order valence-corrected chi connectivity index (χ2v) is 7.84. The minimum Gasteiger partial charge on any atom is -0.340 e. The van der Waals surface area contributed by atoms with Crippen LogP contribution >= 0.6 is 0 Å². The van der Waals surface area contributed by atoms with E-state index in [0.29, 0.717) is 26.1 Å². The highest BCUT2D eigenvalue weighted by molar-refractivity contribution is 5.80. The zero-order valence-corrected chi connectivity index (χ0v) is 17.3. The third-order valence-corrected chi connectivity index (χ3v) is 5.92. The van der Waals surface area contributed by atoms with Gasteiger partial charge in [0.2, 0.25) is 11.8 Å². The van der Waals surface area contributed by atoms with Crippen molar-refractivity contribution in [3.8, 4) is 0 Å². The van der Waals surface area contributed by atoms with Crippen LogP contribution in [-0.2, 0) is 16.0 Å². The monoisotopic (exact) mass is 383 g/mol. The van der Waals surface area contributed by atoms with Gasteiger partial charge in [-0.15, -0.1) is 0 Å². The average Bonchev–Trinajstić information content (AvgIpc) is 2.71. The highest BCUT2D eigenvalue weighted by Crippen LogP contribution is 2.21. The Kier molecular flexibility index (Phi) is 7.26. The van der Waals surface area contributed by atoms with Gasteiger partial charge in [0.15, 0.2) is 0 Å². The Morgan fingerprint density at radius 1 is 1.07 bits per heavy atom. The van der Waals surface area contributed by atoms with Crippen molar-refractivity contribution in [2.45, 2.75) is 46.0 Å². The summed E-state index contributed by atoms with van der Waals surface area (Å²) in [5.41, 5.74) is 3.46. The van der Waals surface area contributed by atoms with E-state index in [2.05, 4.69) is 17.9 Å². The van der Waals surface area contributed by atoms with Gasteiger partial charge in [0.05, 0.1) is 13.0 Å². The maximum Gasteiger partial charge on any atom is 0.240 e. The number of allylic oxidation sites excluding steroid dienone is 2. The molecule has 1 aromatic rings. The Balaban J connectivity index is 1.48. The predicted molar refractivity (Wildman–Crippen MR) is 112 cm³/mol. The van der Waals surface area contributed by atoms with Crippen molar-refractivity contribution in [1.82, 2.24) is 14.7 Å². The minimum absolute atomic E-state index is 0.183. The van der Waals surface area contributed by atoms with E-state index in [0.717, 1.165) is 43.6 Å². The molecule has 0 unspecified atom stereocenters. The molecule has 3 rings (SSSR count). The molecule has 2 aliphatic rings. The van der Waals surface area contributed by atoms with Crippen LogP contribution in [0.3, 0.4) is 0 Å². The quantitative estimate of drug-likeness (QED) is 0.759. The fourth-order valence-electron chi connectivity index (χ4n) is 4.12. The maximum absolute atomic E-state index is 12.8. The fraction of sp³-hybridized carbons (Fsp3) is 0.565. The van der Waals surface area contributed by atoms with Gasteiger partial charge in [0.1, 0.15) is 0 Å². The molecule has 0 N–H and O–H groups in total. The Bertz CT molecular complexity index is 720. The van der Waals surface area contributed by atoms with Crippen molar-refractivity contribution in [2.75, 3.05) is 39.3 Å². The summed E-state index contributed by atoms with van der Waals surface area (Å²) in [4.78, 5) is 31.5. The van der Waals surface area contributed by atoms with Gasteiger partial charge < -0.3 is 9.80 Å². The van der Waals surface area contributed by atoms with Gasteiger partial charge in [0.25, 0.3) is 0 Å². The number of nitrogens with zero attached hydrogens (tertiary/aromatic N) is 3. The number of hydrogen-bond acceptors (Lipinski definition) is 3. The summed E-state index contributed by atoms with van der Waals surface area (Å²) in [6.07, 6.45) is 7.20. The van der Waals surface area contributed by atoms with Crippen LogP contribution in [0.2, 0.25) is 0 Å². The van der Waals surface area contributed by atoms with Crippen LogP contribution in [0, 0.1) is 6.92 Å². The van der Waals surface area contributed by atoms with E-state index in [9.17, 15) is 9.59 Å². The molecule has 0 bridgehead atoms. The standard InChI is InChI=1S/C23H33N3O2/c1-3-26(21-11-5-4-6-12-21)23(28)18-24-13-15-25(16-14-24)22(27)17-20-10-8-7-9-19(20)2/h7-11H,3-6,12-18H2,1-2H3. The van der Waals surface area contributed by atoms with Gasteiger partial charge >= 0.3 is 0 Å². The highest BCUT2D eigenvalue weighted by Gasteiger charge is 2.25. The molecule has 0 atom stereocenters. The largest absolute Gasteiger partial charge is 0.340 e. The molecular formula is C23H33N3O2. The van der Waals surface area contributed by atoms with Crippen LogP contribution in [0.5, 0.6) is 0 Å². The number of carbonyl (C=O) groups excluding carboxylic acids is 2. The molecule has 1 aliphatic heterocycles. The van der Waals surface area contributed by atoms with Crippen molar-refractivity contribution in [2.24, 2.45) is 0 Å². The fourth-order valence-corrected chi connectivity index (χ4v) is 4.12. The number of hydrogen-bond donors (Lipinski definition) is 0. The van der Waals surface area contributed by atoms with Crippen molar-refractivity contribution >= 4 is 11.8 Å². The average molecular weight is 384 g/mol. The van der Waals surface area contributed by atoms with Gasteiger partial charge in [-0.2, -0.15) is 0 Å². The normalized spacial score (nSPS) is 17.9. The van der Waals surface area contributed by atoms with Crippen LogP contribution in [-0.4, -0.2) is 65.8 Å². The molecular weight excluding hydrogens is 350 g/mol. The van der Waals surface area contributed by atoms with Crippen LogP contribution in [0.1, 0.15) is 43.7 Å². The molecule has 2 amide bonds. The van der Waals surface area contributed by atoms with E-state index in [1.807, 2.05) is 41.0 Å². The summed E-state index contributed by atoms with van der Waals surface area (Å²) in [5.74, 6) is 0.373. The molecule has 1 heterocycles. The summed E-state index contributed by atoms with van der Waals surface area (Å²) < 4.78 is 0. The third kappa shape index (κ3) is 5.22. The molecule has 28 heavy (non-hydrogen) atoms. The Labute approximate surface area is 169 Å². The van der Waals surface area contributed by atoms with Crippen LogP contribution in [0.15, 0.2) is 36.0 Å². The molecule has 1 saturated heterocycles. The Morgan fingerprint density at radius 2 is 1.82 bits per heavy atom. The van der Waals surface area contributed by atoms with E-state index < -0.39 is 0 Å². The second-order valence-electron chi connectivity index (χ2n) is 7.84. The van der Waals surface area contributed by atoms with Gasteiger partial charge in [-0.25, -0.2) is 0 Å². The number of likely N-dealkylation sites (N-methyl/N-ethyl adjacent to an activating group) is 1. The number of benzene rings is 1. The lowest BCUT2D eigenvalue weighted by molar-refractivity contribution is -0.133. The molecule has 1 aliphatic carbocycles. The van der Waals surface area contributed by atoms with Crippen molar-refractivity contribution in [1.29, 1.82) is 0 Å². The number of piperazine rings is 1. The van der Waals surface area contributed by atoms with Crippen molar-refractivity contribution < 1.29 is 9.59 Å². The van der Waals surface area contributed by atoms with Crippen LogP contribution < -0.4 is 0 Å². The first-order valence-electron chi connectivity index (χ1n) is 10.6. The lowest BCUT2D eigenvalue weighted by Gasteiger charge is -2.36. The molecule has 1 fully saturated rings. The van der Waals surface area contributed by atoms with E-state index in [4.69, 9.17) is 0 Å². The number of aryl methyl sites for hydroxylation is 1. The van der Waals surface area contributed by atoms with E-state index in [1.165, 1.54) is 18.5 Å². The molecule has 0 spiro atoms. The second kappa shape index (κ2) is 9.87. The van der Waals surface area contributed by atoms with Gasteiger partial charge in [0, 0.05) is 38.4 Å². The van der Waals surface area contributed by atoms with E-state index in [1.54, 1.807) is 0 Å². The topological polar surface area (TPSA) is 43.9 Å². The zero-order valence-electron chi connectivity index (χ0n) is 17.3. The van der Waals surface area contributed by atoms with Crippen molar-refractivity contribution in [3.05, 3.63) is 47.2 Å². The molecule has 0 saturated carbocycles. The molecule has 0 radical (unpaired) electrons. The van der Waals surface area contributed by atoms with E-state index >= 15 is 0 Å². The summed E-state index contributed by atoms with van der Waals surface area (Å²) in [6, 6.07) is 8.07. The summed E-state index contributed by atoms with van der Waals surface area (Å²) in [5, 5.41) is 0. The lowest BCUT2D eigenvalue weighted by atomic mass is 10.0. The van der Waals surface area contributed by atoms with Crippen molar-refractivity contribution in [3.63, 3.8) is 0 Å². The maximum atomic E-state index is 12.8. The minimum atomic E-state index is 0.183. The SMILES string of the molecule is CCN(C(=O)CN1CCN(C(=O)Cc2ccccc2C)CC1)C1=CCCCC1. The smallest absolute Gasteiger partial charge is 0.240 e. The lowest BCUT2D eigenvalue weighted by Crippen LogP contribution is -2.51. The molecule has 5 nitrogen and oxygen atoms in total. The first-order valence-corrected chi connectivity index (χ1v) is 10.6. The Hall–Kier alpha value is -2.14. The summed E-state index contributed by atoms with van der Waals surface area (Å²) in [6.45, 7) is 8.22. The zero-order chi connectivity index (χ0) is 19.9. The molecule has 152 valence electrons. The predicted octanol–water partition coefficient (Wildman–Crippen LogP) is 2.99. The first kappa shape index (κ1) is 20.6. The van der Waals surface area contributed by atoms with Gasteiger partial charge in [-0.1, -0.05) is 30.3 Å². The molecule has 1 aromatic carbocycles. The highest BCUT2D eigenvalue weighted by atomic mass is 16.2. The molecule has 0 aromatic heterocycles. The third-order valence-electron chi connectivity index (χ3n) is 5.92. The van der Waals surface area contributed by atoms with Gasteiger partial charge in [-0.3, -0.25) is 14.5 Å². The summed E-state index contributed by atoms with van der Waals surface area (Å²) in [7, 11) is 0. The van der Waals surface area contributed by atoms with Gasteiger partial charge in [-0.05, 0) is 50.7 Å². The first-order chi connectivity index (χ1) is 13.6. The van der Waals surface area contributed by atoms with Crippen LogP contribution in [0.4, 0.5) is 0 Å². The number of carbonyl (C=O) groups is 2. The van der Waals surface area contributed by atoms with Crippen LogP contribution in [0.25, 0.3) is 0 Å².